The molecule has 0 unspecified atom stereocenters. The van der Waals surface area contributed by atoms with Gasteiger partial charge in [0.15, 0.2) is 0 Å². The number of allylic oxidation sites excluding steroid dienone is 1. The first-order chi connectivity index (χ1) is 15.9. The molecule has 3 N–H and O–H groups in total. The molecule has 1 heterocycles. The van der Waals surface area contributed by atoms with Crippen molar-refractivity contribution in [3.63, 3.8) is 0 Å². The number of carbonyl (C=O) groups excluding carboxylic acids is 4. The van der Waals surface area contributed by atoms with Gasteiger partial charge in [-0.15, -0.1) is 0 Å². The molecule has 0 aromatic carbocycles. The van der Waals surface area contributed by atoms with E-state index in [4.69, 9.17) is 14.3 Å². The summed E-state index contributed by atoms with van der Waals surface area (Å²) in [6, 6.07) is -0.00273. The normalized spacial score (nSPS) is 45.0. The van der Waals surface area contributed by atoms with Gasteiger partial charge in [-0.25, -0.2) is 0 Å². The number of hydrogen-bond donors (Lipinski definition) is 3. The van der Waals surface area contributed by atoms with Crippen LogP contribution in [-0.4, -0.2) is 52.1 Å². The Morgan fingerprint density at radius 3 is 2.65 bits per heavy atom. The van der Waals surface area contributed by atoms with E-state index in [2.05, 4.69) is 25.7 Å². The lowest BCUT2D eigenvalue weighted by Gasteiger charge is -2.43. The van der Waals surface area contributed by atoms with Crippen LogP contribution in [0.25, 0.3) is 0 Å². The minimum Gasteiger partial charge on any atom is -0.455 e. The maximum Gasteiger partial charge on any atom is 0.373 e. The Morgan fingerprint density at radius 2 is 2.03 bits per heavy atom. The molecule has 1 amide bonds. The molecule has 4 aliphatic carbocycles. The van der Waals surface area contributed by atoms with Crippen molar-refractivity contribution in [1.82, 2.24) is 5.32 Å². The second-order valence-corrected chi connectivity index (χ2v) is 11.3. The van der Waals surface area contributed by atoms with Gasteiger partial charge in [0.05, 0.1) is 11.5 Å². The lowest BCUT2D eigenvalue weighted by Crippen LogP contribution is -2.53. The van der Waals surface area contributed by atoms with Gasteiger partial charge in [0.25, 0.3) is 0 Å². The fraction of sp³-hybridized carbons (Fsp3) is 0.731. The van der Waals surface area contributed by atoms with E-state index in [1.54, 1.807) is 6.92 Å². The largest absolute Gasteiger partial charge is 0.455 e. The van der Waals surface area contributed by atoms with Crippen molar-refractivity contribution >= 4 is 18.0 Å². The van der Waals surface area contributed by atoms with Gasteiger partial charge < -0.3 is 20.3 Å². The molecular formula is C26H35NO7. The molecule has 0 aromatic heterocycles. The van der Waals surface area contributed by atoms with Crippen molar-refractivity contribution in [2.45, 2.75) is 83.6 Å². The van der Waals surface area contributed by atoms with E-state index in [-0.39, 0.29) is 24.0 Å². The zero-order chi connectivity index (χ0) is 25.2. The molecule has 34 heavy (non-hydrogen) atoms. The van der Waals surface area contributed by atoms with E-state index >= 15 is 0 Å². The first-order valence-electron chi connectivity index (χ1n) is 12.2. The molecule has 1 saturated heterocycles. The number of rotatable bonds is 4. The van der Waals surface area contributed by atoms with Crippen molar-refractivity contribution in [1.29, 1.82) is 0 Å². The molecule has 186 valence electrons. The Hall–Kier alpha value is -2.28. The fourth-order valence-electron chi connectivity index (χ4n) is 7.69. The lowest BCUT2D eigenvalue weighted by molar-refractivity contribution is -0.191. The van der Waals surface area contributed by atoms with Crippen molar-refractivity contribution < 1.29 is 34.1 Å². The second kappa shape index (κ2) is 8.14. The molecule has 0 aromatic rings. The third-order valence-corrected chi connectivity index (χ3v) is 9.84. The quantitative estimate of drug-likeness (QED) is 0.420. The second-order valence-electron chi connectivity index (χ2n) is 11.3. The topological polar surface area (TPSA) is 130 Å². The molecule has 0 radical (unpaired) electrons. The summed E-state index contributed by atoms with van der Waals surface area (Å²) < 4.78 is 5.54. The zero-order valence-corrected chi connectivity index (χ0v) is 20.3. The number of aliphatic hydroxyl groups is 2. The maximum absolute atomic E-state index is 13.9. The SMILES string of the molecule is C=C1C[C@]23C[C@@]1(O)CC[C@H]2C1=C[C@H]2OC(=O)[C@@](C)([C@H]1[C@@H]3C(=O)N[C@H](C)[C@@H](C)CC)[C@H]2O.O=C=O. The molecule has 3 saturated carbocycles. The third kappa shape index (κ3) is 3.11. The molecule has 1 aliphatic heterocycles. The molecule has 4 fully saturated rings. The van der Waals surface area contributed by atoms with Crippen LogP contribution < -0.4 is 5.32 Å². The van der Waals surface area contributed by atoms with Crippen LogP contribution in [0.2, 0.25) is 0 Å². The first kappa shape index (κ1) is 24.8. The molecule has 8 heteroatoms. The summed E-state index contributed by atoms with van der Waals surface area (Å²) in [5.41, 5.74) is -0.667. The van der Waals surface area contributed by atoms with Crippen LogP contribution in [0.1, 0.15) is 59.8 Å². The van der Waals surface area contributed by atoms with E-state index < -0.39 is 46.4 Å². The summed E-state index contributed by atoms with van der Waals surface area (Å²) >= 11 is 0. The van der Waals surface area contributed by atoms with Crippen LogP contribution in [0.5, 0.6) is 0 Å². The number of ether oxygens (including phenoxy) is 1. The highest BCUT2D eigenvalue weighted by Gasteiger charge is 2.75. The summed E-state index contributed by atoms with van der Waals surface area (Å²) in [5, 5.41) is 25.5. The maximum atomic E-state index is 13.9. The van der Waals surface area contributed by atoms with Crippen molar-refractivity contribution in [3.8, 4) is 0 Å². The van der Waals surface area contributed by atoms with E-state index in [1.807, 2.05) is 13.0 Å². The summed E-state index contributed by atoms with van der Waals surface area (Å²) in [6.07, 6.45) is 3.99. The van der Waals surface area contributed by atoms with E-state index in [0.717, 1.165) is 24.0 Å². The molecule has 5 aliphatic rings. The van der Waals surface area contributed by atoms with Crippen LogP contribution in [0.3, 0.4) is 0 Å². The monoisotopic (exact) mass is 473 g/mol. The first-order valence-corrected chi connectivity index (χ1v) is 12.2. The Kier molecular flexibility index (Phi) is 5.95. The van der Waals surface area contributed by atoms with Crippen molar-refractivity contribution in [3.05, 3.63) is 23.8 Å². The smallest absolute Gasteiger partial charge is 0.373 e. The highest BCUT2D eigenvalue weighted by molar-refractivity contribution is 5.88. The average Bonchev–Trinajstić information content (AvgIpc) is 3.22. The number of fused-ring (bicyclic) bond motifs is 6. The number of carbonyl (C=O) groups is 2. The van der Waals surface area contributed by atoms with Gasteiger partial charge in [-0.2, -0.15) is 9.59 Å². The van der Waals surface area contributed by atoms with E-state index in [1.165, 1.54) is 0 Å². The van der Waals surface area contributed by atoms with Crippen molar-refractivity contribution in [2.75, 3.05) is 0 Å². The number of amides is 1. The molecule has 1 spiro atoms. The summed E-state index contributed by atoms with van der Waals surface area (Å²) in [7, 11) is 0. The predicted octanol–water partition coefficient (Wildman–Crippen LogP) is 1.91. The molecular weight excluding hydrogens is 438 g/mol. The lowest BCUT2D eigenvalue weighted by atomic mass is 9.60. The van der Waals surface area contributed by atoms with Gasteiger partial charge in [0, 0.05) is 12.0 Å². The van der Waals surface area contributed by atoms with Gasteiger partial charge in [-0.1, -0.05) is 32.4 Å². The Morgan fingerprint density at radius 1 is 1.38 bits per heavy atom. The van der Waals surface area contributed by atoms with Gasteiger partial charge >= 0.3 is 12.1 Å². The van der Waals surface area contributed by atoms with Gasteiger partial charge in [0.1, 0.15) is 17.6 Å². The van der Waals surface area contributed by atoms with Crippen LogP contribution in [-0.2, 0) is 23.9 Å². The van der Waals surface area contributed by atoms with Crippen LogP contribution >= 0.6 is 0 Å². The zero-order valence-electron chi connectivity index (χ0n) is 20.3. The highest BCUT2D eigenvalue weighted by atomic mass is 16.6. The number of esters is 1. The number of nitrogens with one attached hydrogen (secondary N) is 1. The van der Waals surface area contributed by atoms with Crippen LogP contribution in [0.15, 0.2) is 23.8 Å². The Bertz CT molecular complexity index is 984. The minimum atomic E-state index is -1.15. The molecule has 10 atom stereocenters. The van der Waals surface area contributed by atoms with E-state index in [9.17, 15) is 19.8 Å². The van der Waals surface area contributed by atoms with Crippen molar-refractivity contribution in [2.24, 2.45) is 34.5 Å². The van der Waals surface area contributed by atoms with Gasteiger partial charge in [-0.05, 0) is 68.4 Å². The summed E-state index contributed by atoms with van der Waals surface area (Å²) in [5.74, 6) is -1.00. The third-order valence-electron chi connectivity index (χ3n) is 9.84. The minimum absolute atomic E-state index is 0.00273. The summed E-state index contributed by atoms with van der Waals surface area (Å²) in [6.45, 7) is 12.2. The number of hydrogen-bond acceptors (Lipinski definition) is 7. The number of aliphatic hydroxyl groups excluding tert-OH is 1. The molecule has 4 bridgehead atoms. The Labute approximate surface area is 199 Å². The van der Waals surface area contributed by atoms with Gasteiger partial charge in [-0.3, -0.25) is 9.59 Å². The standard InChI is InChI=1S/C25H35NO5.CO2/c1-6-12(2)14(4)26-21(28)19-18-15(9-17-20(27)23(18,5)22(29)31-17)16-7-8-25(30)11-24(16,19)10-13(25)3;2-1-3/h9,12,14,16-20,27,30H,3,6-8,10-11H2,1-2,4-5H3,(H,26,28);/t12-,14+,16-,17+,18+,19+,20-,23-,24-,25-;/m0./s1. The fourth-order valence-corrected chi connectivity index (χ4v) is 7.69. The summed E-state index contributed by atoms with van der Waals surface area (Å²) in [4.78, 5) is 43.2. The van der Waals surface area contributed by atoms with E-state index in [0.29, 0.717) is 25.2 Å². The average molecular weight is 474 g/mol. The van der Waals surface area contributed by atoms with Gasteiger partial charge in [0.2, 0.25) is 5.91 Å². The highest BCUT2D eigenvalue weighted by Crippen LogP contribution is 2.74. The molecule has 8 nitrogen and oxygen atoms in total. The molecule has 5 rings (SSSR count). The van der Waals surface area contributed by atoms with Crippen LogP contribution in [0.4, 0.5) is 0 Å². The predicted molar refractivity (Wildman–Crippen MR) is 120 cm³/mol. The Balaban J connectivity index is 0.000000868. The van der Waals surface area contributed by atoms with Crippen LogP contribution in [0, 0.1) is 34.5 Å².